The topological polar surface area (TPSA) is 69.6 Å². The summed E-state index contributed by atoms with van der Waals surface area (Å²) in [5, 5.41) is 7.29. The predicted molar refractivity (Wildman–Crippen MR) is 75.4 cm³/mol. The fourth-order valence-electron chi connectivity index (χ4n) is 1.82. The molecule has 3 rings (SSSR count). The van der Waals surface area contributed by atoms with Crippen LogP contribution in [0.15, 0.2) is 35.7 Å². The summed E-state index contributed by atoms with van der Waals surface area (Å²) in [6, 6.07) is 9.90. The summed E-state index contributed by atoms with van der Waals surface area (Å²) in [5.74, 6) is 1.47. The van der Waals surface area contributed by atoms with Gasteiger partial charge in [-0.25, -0.2) is 14.6 Å². The van der Waals surface area contributed by atoms with Crippen molar-refractivity contribution >= 4 is 11.3 Å². The van der Waals surface area contributed by atoms with Crippen LogP contribution in [0.4, 0.5) is 0 Å². The molecule has 2 N–H and O–H groups in total. The number of rotatable bonds is 3. The van der Waals surface area contributed by atoms with Gasteiger partial charge in [0.25, 0.3) is 0 Å². The molecule has 0 fully saturated rings. The molecule has 0 aliphatic carbocycles. The van der Waals surface area contributed by atoms with E-state index >= 15 is 0 Å². The third kappa shape index (κ3) is 2.27. The predicted octanol–water partition coefficient (Wildman–Crippen LogP) is 2.06. The Kier molecular flexibility index (Phi) is 3.10. The molecule has 0 saturated carbocycles. The van der Waals surface area contributed by atoms with Gasteiger partial charge in [-0.3, -0.25) is 0 Å². The van der Waals surface area contributed by atoms with Gasteiger partial charge in [-0.05, 0) is 0 Å². The number of nitrogens with two attached hydrogens (primary N) is 1. The zero-order valence-corrected chi connectivity index (χ0v) is 11.3. The molecule has 3 aromatic rings. The highest BCUT2D eigenvalue weighted by molar-refractivity contribution is 7.09. The molecule has 0 saturated heterocycles. The molecule has 5 nitrogen and oxygen atoms in total. The van der Waals surface area contributed by atoms with E-state index in [4.69, 9.17) is 5.73 Å². The van der Waals surface area contributed by atoms with Gasteiger partial charge in [-0.15, -0.1) is 11.3 Å². The van der Waals surface area contributed by atoms with Gasteiger partial charge in [0.2, 0.25) is 0 Å². The monoisotopic (exact) mass is 271 g/mol. The summed E-state index contributed by atoms with van der Waals surface area (Å²) >= 11 is 1.54. The van der Waals surface area contributed by atoms with Crippen LogP contribution in [-0.4, -0.2) is 19.7 Å². The Hall–Kier alpha value is -2.05. The van der Waals surface area contributed by atoms with Crippen molar-refractivity contribution in [3.63, 3.8) is 0 Å². The molecule has 0 aliphatic rings. The highest BCUT2D eigenvalue weighted by atomic mass is 32.1. The number of hydrogen-bond acceptors (Lipinski definition) is 5. The van der Waals surface area contributed by atoms with E-state index in [1.54, 1.807) is 16.0 Å². The standard InChI is InChI=1S/C13H13N5S/c1-18-13(10-8-19-11(7-14)15-10)16-12(17-18)9-5-3-2-4-6-9/h2-6,8H,7,14H2,1H3. The van der Waals surface area contributed by atoms with Crippen molar-refractivity contribution in [2.45, 2.75) is 6.54 Å². The summed E-state index contributed by atoms with van der Waals surface area (Å²) in [5.41, 5.74) is 7.40. The van der Waals surface area contributed by atoms with Gasteiger partial charge >= 0.3 is 0 Å². The fraction of sp³-hybridized carbons (Fsp3) is 0.154. The molecule has 0 amide bonds. The number of hydrogen-bond donors (Lipinski definition) is 1. The fourth-order valence-corrected chi connectivity index (χ4v) is 2.48. The first-order valence-corrected chi connectivity index (χ1v) is 6.77. The highest BCUT2D eigenvalue weighted by Crippen LogP contribution is 2.23. The highest BCUT2D eigenvalue weighted by Gasteiger charge is 2.13. The molecule has 19 heavy (non-hydrogen) atoms. The van der Waals surface area contributed by atoms with Crippen LogP contribution in [0, 0.1) is 0 Å². The van der Waals surface area contributed by atoms with Crippen molar-refractivity contribution in [3.05, 3.63) is 40.7 Å². The lowest BCUT2D eigenvalue weighted by molar-refractivity contribution is 0.774. The van der Waals surface area contributed by atoms with Crippen LogP contribution in [0.2, 0.25) is 0 Å². The van der Waals surface area contributed by atoms with Crippen molar-refractivity contribution in [1.82, 2.24) is 19.7 Å². The Balaban J connectivity index is 2.02. The van der Waals surface area contributed by atoms with E-state index in [1.807, 2.05) is 42.8 Å². The van der Waals surface area contributed by atoms with Crippen LogP contribution < -0.4 is 5.73 Å². The Morgan fingerprint density at radius 3 is 2.68 bits per heavy atom. The molecule has 96 valence electrons. The molecule has 0 unspecified atom stereocenters. The summed E-state index contributed by atoms with van der Waals surface area (Å²) in [6.45, 7) is 0.452. The first kappa shape index (κ1) is 12.0. The molecule has 1 aromatic carbocycles. The van der Waals surface area contributed by atoms with E-state index in [1.165, 1.54) is 0 Å². The molecule has 0 atom stereocenters. The SMILES string of the molecule is Cn1nc(-c2ccccc2)nc1-c1csc(CN)n1. The maximum atomic E-state index is 5.58. The summed E-state index contributed by atoms with van der Waals surface area (Å²) in [6.07, 6.45) is 0. The van der Waals surface area contributed by atoms with Crippen molar-refractivity contribution in [2.75, 3.05) is 0 Å². The van der Waals surface area contributed by atoms with Gasteiger partial charge in [0, 0.05) is 24.5 Å². The molecule has 2 heterocycles. The summed E-state index contributed by atoms with van der Waals surface area (Å²) < 4.78 is 1.75. The third-order valence-electron chi connectivity index (χ3n) is 2.75. The van der Waals surface area contributed by atoms with Gasteiger partial charge < -0.3 is 5.73 Å². The Morgan fingerprint density at radius 2 is 2.00 bits per heavy atom. The van der Waals surface area contributed by atoms with E-state index in [2.05, 4.69) is 15.1 Å². The smallest absolute Gasteiger partial charge is 0.181 e. The van der Waals surface area contributed by atoms with E-state index in [-0.39, 0.29) is 0 Å². The largest absolute Gasteiger partial charge is 0.325 e. The number of aryl methyl sites for hydroxylation is 1. The van der Waals surface area contributed by atoms with Crippen LogP contribution in [0.5, 0.6) is 0 Å². The summed E-state index contributed by atoms with van der Waals surface area (Å²) in [4.78, 5) is 8.99. The minimum absolute atomic E-state index is 0.452. The average molecular weight is 271 g/mol. The van der Waals surface area contributed by atoms with E-state index in [9.17, 15) is 0 Å². The maximum Gasteiger partial charge on any atom is 0.181 e. The van der Waals surface area contributed by atoms with Crippen LogP contribution in [-0.2, 0) is 13.6 Å². The molecule has 2 aromatic heterocycles. The molecule has 0 spiro atoms. The lowest BCUT2D eigenvalue weighted by atomic mass is 10.2. The first-order valence-electron chi connectivity index (χ1n) is 5.89. The first-order chi connectivity index (χ1) is 9.28. The molecule has 0 bridgehead atoms. The van der Waals surface area contributed by atoms with Crippen molar-refractivity contribution < 1.29 is 0 Å². The number of benzene rings is 1. The molecule has 0 radical (unpaired) electrons. The lowest BCUT2D eigenvalue weighted by Crippen LogP contribution is -1.97. The van der Waals surface area contributed by atoms with E-state index in [0.29, 0.717) is 12.4 Å². The lowest BCUT2D eigenvalue weighted by Gasteiger charge is -1.93. The Morgan fingerprint density at radius 1 is 1.21 bits per heavy atom. The van der Waals surface area contributed by atoms with Gasteiger partial charge in [-0.1, -0.05) is 30.3 Å². The summed E-state index contributed by atoms with van der Waals surface area (Å²) in [7, 11) is 1.87. The zero-order chi connectivity index (χ0) is 13.2. The van der Waals surface area contributed by atoms with Crippen molar-refractivity contribution in [2.24, 2.45) is 12.8 Å². The average Bonchev–Trinajstić information content (AvgIpc) is 3.06. The second kappa shape index (κ2) is 4.91. The number of thiazole rings is 1. The molecular formula is C13H13N5S. The molecule has 0 aliphatic heterocycles. The van der Waals surface area contributed by atoms with E-state index < -0.39 is 0 Å². The van der Waals surface area contributed by atoms with Gasteiger partial charge in [0.05, 0.1) is 0 Å². The van der Waals surface area contributed by atoms with Crippen molar-refractivity contribution in [3.8, 4) is 22.9 Å². The van der Waals surface area contributed by atoms with Gasteiger partial charge in [0.15, 0.2) is 11.6 Å². The number of aromatic nitrogens is 4. The van der Waals surface area contributed by atoms with E-state index in [0.717, 1.165) is 22.1 Å². The Bertz CT molecular complexity index is 686. The molecular weight excluding hydrogens is 258 g/mol. The van der Waals surface area contributed by atoms with Crippen LogP contribution in [0.1, 0.15) is 5.01 Å². The zero-order valence-electron chi connectivity index (χ0n) is 10.4. The van der Waals surface area contributed by atoms with Crippen LogP contribution in [0.25, 0.3) is 22.9 Å². The van der Waals surface area contributed by atoms with Crippen molar-refractivity contribution in [1.29, 1.82) is 0 Å². The van der Waals surface area contributed by atoms with Crippen LogP contribution >= 0.6 is 11.3 Å². The second-order valence-electron chi connectivity index (χ2n) is 4.08. The van der Waals surface area contributed by atoms with Gasteiger partial charge in [0.1, 0.15) is 10.7 Å². The quantitative estimate of drug-likeness (QED) is 0.791. The minimum Gasteiger partial charge on any atom is -0.325 e. The van der Waals surface area contributed by atoms with Gasteiger partial charge in [-0.2, -0.15) is 5.10 Å². The molecule has 6 heteroatoms. The number of nitrogens with zero attached hydrogens (tertiary/aromatic N) is 4. The second-order valence-corrected chi connectivity index (χ2v) is 5.02. The normalized spacial score (nSPS) is 10.8. The maximum absolute atomic E-state index is 5.58. The third-order valence-corrected chi connectivity index (χ3v) is 3.62. The minimum atomic E-state index is 0.452. The Labute approximate surface area is 114 Å². The van der Waals surface area contributed by atoms with Crippen LogP contribution in [0.3, 0.4) is 0 Å².